The number of nitrogens with zero attached hydrogens (tertiary/aromatic N) is 2. The number of carbonyl (C=O) groups is 1. The van der Waals surface area contributed by atoms with E-state index < -0.39 is 0 Å². The van der Waals surface area contributed by atoms with Gasteiger partial charge in [0.1, 0.15) is 18.2 Å². The van der Waals surface area contributed by atoms with E-state index in [2.05, 4.69) is 5.32 Å². The molecule has 1 heterocycles. The summed E-state index contributed by atoms with van der Waals surface area (Å²) in [5.41, 5.74) is 1.99. The summed E-state index contributed by atoms with van der Waals surface area (Å²) in [6.07, 6.45) is 0.0890. The van der Waals surface area contributed by atoms with Gasteiger partial charge in [0.2, 0.25) is 0 Å². The van der Waals surface area contributed by atoms with Gasteiger partial charge in [-0.15, -0.1) is 0 Å². The van der Waals surface area contributed by atoms with Crippen molar-refractivity contribution in [2.24, 2.45) is 0 Å². The number of carbonyl (C=O) groups excluding carboxylic acids is 1. The van der Waals surface area contributed by atoms with Crippen LogP contribution in [0, 0.1) is 12.7 Å². The first-order chi connectivity index (χ1) is 14.3. The van der Waals surface area contributed by atoms with Gasteiger partial charge in [0.15, 0.2) is 0 Å². The summed E-state index contributed by atoms with van der Waals surface area (Å²) in [6.45, 7) is 7.98. The molecule has 0 radical (unpaired) electrons. The quantitative estimate of drug-likeness (QED) is 0.765. The van der Waals surface area contributed by atoms with E-state index in [1.165, 1.54) is 11.0 Å². The molecule has 0 saturated carbocycles. The van der Waals surface area contributed by atoms with Crippen molar-refractivity contribution in [3.63, 3.8) is 0 Å². The zero-order valence-electron chi connectivity index (χ0n) is 18.0. The number of aryl methyl sites for hydroxylation is 1. The molecule has 30 heavy (non-hydrogen) atoms. The molecule has 1 saturated heterocycles. The highest BCUT2D eigenvalue weighted by molar-refractivity contribution is 5.89. The summed E-state index contributed by atoms with van der Waals surface area (Å²) in [4.78, 5) is 15.9. The average molecular weight is 416 g/mol. The number of hydrogen-bond acceptors (Lipinski definition) is 4. The van der Waals surface area contributed by atoms with Crippen molar-refractivity contribution in [3.8, 4) is 5.75 Å². The molecule has 3 rings (SSSR count). The number of halogens is 1. The molecule has 1 N–H and O–H groups in total. The van der Waals surface area contributed by atoms with Crippen molar-refractivity contribution in [2.45, 2.75) is 33.0 Å². The van der Waals surface area contributed by atoms with E-state index in [1.807, 2.05) is 49.9 Å². The van der Waals surface area contributed by atoms with Gasteiger partial charge in [-0.05, 0) is 50.6 Å². The Morgan fingerprint density at radius 3 is 2.60 bits per heavy atom. The second-order valence-electron chi connectivity index (χ2n) is 7.79. The topological polar surface area (TPSA) is 54.0 Å². The lowest BCUT2D eigenvalue weighted by Gasteiger charge is -2.37. The van der Waals surface area contributed by atoms with Crippen molar-refractivity contribution >= 4 is 17.4 Å². The Morgan fingerprint density at radius 1 is 1.23 bits per heavy atom. The summed E-state index contributed by atoms with van der Waals surface area (Å²) in [6, 6.07) is 12.2. The fourth-order valence-corrected chi connectivity index (χ4v) is 3.55. The van der Waals surface area contributed by atoms with Gasteiger partial charge in [0, 0.05) is 25.8 Å². The third-order valence-corrected chi connectivity index (χ3v) is 5.08. The van der Waals surface area contributed by atoms with E-state index in [0.717, 1.165) is 11.3 Å². The molecule has 1 fully saturated rings. The molecule has 162 valence electrons. The first-order valence-corrected chi connectivity index (χ1v) is 10.2. The maximum atomic E-state index is 14.7. The van der Waals surface area contributed by atoms with Crippen molar-refractivity contribution in [3.05, 3.63) is 53.8 Å². The first kappa shape index (κ1) is 21.9. The predicted octanol–water partition coefficient (Wildman–Crippen LogP) is 4.29. The average Bonchev–Trinajstić information content (AvgIpc) is 2.68. The number of hydrogen-bond donors (Lipinski definition) is 1. The van der Waals surface area contributed by atoms with Gasteiger partial charge in [0.25, 0.3) is 0 Å². The normalized spacial score (nSPS) is 18.8. The van der Waals surface area contributed by atoms with Gasteiger partial charge in [-0.1, -0.05) is 18.2 Å². The molecule has 7 heteroatoms. The van der Waals surface area contributed by atoms with Crippen LogP contribution in [0.4, 0.5) is 20.6 Å². The van der Waals surface area contributed by atoms with Crippen LogP contribution in [0.1, 0.15) is 19.4 Å². The largest absolute Gasteiger partial charge is 0.491 e. The van der Waals surface area contributed by atoms with E-state index in [-0.39, 0.29) is 24.1 Å². The summed E-state index contributed by atoms with van der Waals surface area (Å²) in [5, 5.41) is 2.74. The molecule has 0 aromatic heterocycles. The smallest absolute Gasteiger partial charge is 0.321 e. The molecule has 2 aromatic carbocycles. The van der Waals surface area contributed by atoms with Crippen LogP contribution < -0.4 is 15.0 Å². The van der Waals surface area contributed by atoms with Crippen LogP contribution in [0.15, 0.2) is 42.5 Å². The van der Waals surface area contributed by atoms with Crippen molar-refractivity contribution in [1.82, 2.24) is 4.90 Å². The minimum Gasteiger partial charge on any atom is -0.491 e. The molecule has 0 spiro atoms. The molecule has 0 bridgehead atoms. The number of benzene rings is 2. The molecule has 6 nitrogen and oxygen atoms in total. The van der Waals surface area contributed by atoms with Crippen LogP contribution in [-0.2, 0) is 4.74 Å². The minimum absolute atomic E-state index is 0.0445. The number of nitrogens with one attached hydrogen (secondary N) is 1. The lowest BCUT2D eigenvalue weighted by Crippen LogP contribution is -2.45. The standard InChI is InChI=1S/C23H30FN3O3/c1-16-7-5-6-8-22(16)29-12-11-26(4)23(28)25-19-9-10-21(20(24)13-19)27-14-17(2)30-18(3)15-27/h5-10,13,17-18H,11-12,14-15H2,1-4H3,(H,25,28). The lowest BCUT2D eigenvalue weighted by atomic mass is 10.2. The maximum Gasteiger partial charge on any atom is 0.321 e. The third kappa shape index (κ3) is 5.63. The molecule has 2 atom stereocenters. The Kier molecular flexibility index (Phi) is 7.15. The highest BCUT2D eigenvalue weighted by atomic mass is 19.1. The number of likely N-dealkylation sites (N-methyl/N-ethyl adjacent to an activating group) is 1. The lowest BCUT2D eigenvalue weighted by molar-refractivity contribution is -0.00539. The van der Waals surface area contributed by atoms with E-state index in [4.69, 9.17) is 9.47 Å². The Bertz CT molecular complexity index is 867. The van der Waals surface area contributed by atoms with Crippen LogP contribution in [0.25, 0.3) is 0 Å². The minimum atomic E-state index is -0.361. The molecule has 2 unspecified atom stereocenters. The number of ether oxygens (including phenoxy) is 2. The number of rotatable bonds is 6. The number of urea groups is 1. The molecular weight excluding hydrogens is 385 g/mol. The zero-order valence-corrected chi connectivity index (χ0v) is 18.0. The van der Waals surface area contributed by atoms with Gasteiger partial charge in [-0.25, -0.2) is 9.18 Å². The summed E-state index contributed by atoms with van der Waals surface area (Å²) in [5.74, 6) is 0.440. The van der Waals surface area contributed by atoms with Gasteiger partial charge in [-0.2, -0.15) is 0 Å². The monoisotopic (exact) mass is 415 g/mol. The highest BCUT2D eigenvalue weighted by Crippen LogP contribution is 2.26. The second-order valence-corrected chi connectivity index (χ2v) is 7.79. The zero-order chi connectivity index (χ0) is 21.7. The number of morpholine rings is 1. The van der Waals surface area contributed by atoms with Crippen molar-refractivity contribution in [2.75, 3.05) is 43.5 Å². The summed E-state index contributed by atoms with van der Waals surface area (Å²) in [7, 11) is 1.68. The predicted molar refractivity (Wildman–Crippen MR) is 117 cm³/mol. The molecule has 2 aromatic rings. The Morgan fingerprint density at radius 2 is 1.93 bits per heavy atom. The van der Waals surface area contributed by atoms with Crippen molar-refractivity contribution in [1.29, 1.82) is 0 Å². The van der Waals surface area contributed by atoms with Gasteiger partial charge >= 0.3 is 6.03 Å². The molecule has 1 aliphatic heterocycles. The Hall–Kier alpha value is -2.80. The van der Waals surface area contributed by atoms with Gasteiger partial charge in [-0.3, -0.25) is 0 Å². The molecule has 1 aliphatic rings. The summed E-state index contributed by atoms with van der Waals surface area (Å²) < 4.78 is 26.1. The summed E-state index contributed by atoms with van der Waals surface area (Å²) >= 11 is 0. The van der Waals surface area contributed by atoms with Crippen LogP contribution in [0.2, 0.25) is 0 Å². The van der Waals surface area contributed by atoms with Crippen LogP contribution >= 0.6 is 0 Å². The SMILES string of the molecule is Cc1ccccc1OCCN(C)C(=O)Nc1ccc(N2CC(C)OC(C)C2)c(F)c1. The second kappa shape index (κ2) is 9.80. The third-order valence-electron chi connectivity index (χ3n) is 5.08. The van der Waals surface area contributed by atoms with Gasteiger partial charge < -0.3 is 24.6 Å². The fourth-order valence-electron chi connectivity index (χ4n) is 3.55. The fraction of sp³-hybridized carbons (Fsp3) is 0.435. The Labute approximate surface area is 177 Å². The van der Waals surface area contributed by atoms with E-state index in [0.29, 0.717) is 37.6 Å². The molecule has 2 amide bonds. The Balaban J connectivity index is 1.53. The van der Waals surface area contributed by atoms with Crippen LogP contribution in [-0.4, -0.2) is 56.4 Å². The number of para-hydroxylation sites is 1. The number of anilines is 2. The van der Waals surface area contributed by atoms with E-state index >= 15 is 0 Å². The first-order valence-electron chi connectivity index (χ1n) is 10.2. The van der Waals surface area contributed by atoms with Crippen LogP contribution in [0.5, 0.6) is 5.75 Å². The molecule has 0 aliphatic carbocycles. The van der Waals surface area contributed by atoms with Crippen LogP contribution in [0.3, 0.4) is 0 Å². The van der Waals surface area contributed by atoms with Crippen molar-refractivity contribution < 1.29 is 18.7 Å². The van der Waals surface area contributed by atoms with E-state index in [1.54, 1.807) is 19.2 Å². The maximum absolute atomic E-state index is 14.7. The highest BCUT2D eigenvalue weighted by Gasteiger charge is 2.24. The number of amides is 2. The van der Waals surface area contributed by atoms with E-state index in [9.17, 15) is 9.18 Å². The van der Waals surface area contributed by atoms with Gasteiger partial charge in [0.05, 0.1) is 24.4 Å². The molecular formula is C23H30FN3O3.